The minimum atomic E-state index is -1.02. The molecular weight excluding hydrogens is 274 g/mol. The van der Waals surface area contributed by atoms with Gasteiger partial charge in [0.15, 0.2) is 0 Å². The Hall–Kier alpha value is -2.75. The van der Waals surface area contributed by atoms with Gasteiger partial charge in [-0.2, -0.15) is 5.26 Å². The fourth-order valence-electron chi connectivity index (χ4n) is 2.37. The molecule has 1 aliphatic rings. The van der Waals surface area contributed by atoms with Crippen molar-refractivity contribution in [3.8, 4) is 11.8 Å². The van der Waals surface area contributed by atoms with E-state index in [-0.39, 0.29) is 11.3 Å². The third kappa shape index (κ3) is 2.89. The van der Waals surface area contributed by atoms with Crippen LogP contribution in [0.25, 0.3) is 0 Å². The van der Waals surface area contributed by atoms with Crippen LogP contribution in [0.15, 0.2) is 18.2 Å². The molecule has 0 bridgehead atoms. The van der Waals surface area contributed by atoms with Crippen molar-refractivity contribution in [1.82, 2.24) is 4.90 Å². The lowest BCUT2D eigenvalue weighted by Crippen LogP contribution is -2.42. The molecule has 1 saturated heterocycles. The molecule has 2 amide bonds. The first kappa shape index (κ1) is 14.7. The molecule has 21 heavy (non-hydrogen) atoms. The largest absolute Gasteiger partial charge is 0.495 e. The number of aliphatic carboxylic acids is 1. The highest BCUT2D eigenvalue weighted by molar-refractivity contribution is 5.95. The Kier molecular flexibility index (Phi) is 4.28. The van der Waals surface area contributed by atoms with Crippen molar-refractivity contribution < 1.29 is 19.4 Å². The SMILES string of the molecule is COc1cccc(C#N)c1NC(=O)N1CCC[C@@H]1C(=O)O. The standard InChI is InChI=1S/C14H15N3O4/c1-21-11-6-2-4-9(8-15)12(11)16-14(20)17-7-3-5-10(17)13(18)19/h2,4,6,10H,3,5,7H2,1H3,(H,16,20)(H,18,19)/t10-/m1/s1. The number of carbonyl (C=O) groups excluding carboxylic acids is 1. The van der Waals surface area contributed by atoms with Crippen LogP contribution in [0.4, 0.5) is 10.5 Å². The number of rotatable bonds is 3. The lowest BCUT2D eigenvalue weighted by Gasteiger charge is -2.22. The molecule has 2 N–H and O–H groups in total. The molecular formula is C14H15N3O4. The molecule has 0 spiro atoms. The maximum absolute atomic E-state index is 12.3. The highest BCUT2D eigenvalue weighted by Crippen LogP contribution is 2.29. The third-order valence-electron chi connectivity index (χ3n) is 3.40. The number of hydrogen-bond donors (Lipinski definition) is 2. The fraction of sp³-hybridized carbons (Fsp3) is 0.357. The predicted molar refractivity (Wildman–Crippen MR) is 74.1 cm³/mol. The van der Waals surface area contributed by atoms with E-state index >= 15 is 0 Å². The Labute approximate surface area is 121 Å². The van der Waals surface area contributed by atoms with Crippen LogP contribution < -0.4 is 10.1 Å². The molecule has 7 heteroatoms. The van der Waals surface area contributed by atoms with Gasteiger partial charge in [0, 0.05) is 6.54 Å². The van der Waals surface area contributed by atoms with Crippen LogP contribution in [0, 0.1) is 11.3 Å². The maximum Gasteiger partial charge on any atom is 0.326 e. The van der Waals surface area contributed by atoms with Crippen LogP contribution in [0.5, 0.6) is 5.75 Å². The second kappa shape index (κ2) is 6.13. The Balaban J connectivity index is 2.24. The summed E-state index contributed by atoms with van der Waals surface area (Å²) in [6.07, 6.45) is 1.07. The molecule has 1 fully saturated rings. The first-order valence-corrected chi connectivity index (χ1v) is 6.46. The number of para-hydroxylation sites is 1. The number of likely N-dealkylation sites (tertiary alicyclic amines) is 1. The normalized spacial score (nSPS) is 17.1. The summed E-state index contributed by atoms with van der Waals surface area (Å²) in [4.78, 5) is 24.6. The van der Waals surface area contributed by atoms with E-state index in [0.29, 0.717) is 25.1 Å². The maximum atomic E-state index is 12.3. The number of benzene rings is 1. The number of nitrogens with zero attached hydrogens (tertiary/aromatic N) is 2. The van der Waals surface area contributed by atoms with Gasteiger partial charge in [-0.1, -0.05) is 6.07 Å². The van der Waals surface area contributed by atoms with E-state index in [1.54, 1.807) is 18.2 Å². The lowest BCUT2D eigenvalue weighted by molar-refractivity contribution is -0.141. The summed E-state index contributed by atoms with van der Waals surface area (Å²) in [5.41, 5.74) is 0.511. The Morgan fingerprint density at radius 3 is 2.90 bits per heavy atom. The zero-order chi connectivity index (χ0) is 15.4. The van der Waals surface area contributed by atoms with E-state index in [9.17, 15) is 9.59 Å². The average Bonchev–Trinajstić information content (AvgIpc) is 2.97. The second-order valence-electron chi connectivity index (χ2n) is 4.61. The number of hydrogen-bond acceptors (Lipinski definition) is 4. The van der Waals surface area contributed by atoms with Crippen molar-refractivity contribution in [2.75, 3.05) is 19.0 Å². The molecule has 1 aromatic carbocycles. The summed E-state index contributed by atoms with van der Waals surface area (Å²) in [6.45, 7) is 0.375. The number of anilines is 1. The number of carbonyl (C=O) groups is 2. The number of ether oxygens (including phenoxy) is 1. The summed E-state index contributed by atoms with van der Waals surface area (Å²) >= 11 is 0. The minimum absolute atomic E-state index is 0.253. The number of carboxylic acid groups (broad SMARTS) is 1. The van der Waals surface area contributed by atoms with E-state index in [1.165, 1.54) is 12.0 Å². The summed E-state index contributed by atoms with van der Waals surface area (Å²) < 4.78 is 5.12. The molecule has 0 saturated carbocycles. The molecule has 1 aromatic rings. The zero-order valence-electron chi connectivity index (χ0n) is 11.5. The molecule has 0 aliphatic carbocycles. The van der Waals surface area contributed by atoms with Gasteiger partial charge in [-0.05, 0) is 25.0 Å². The van der Waals surface area contributed by atoms with Gasteiger partial charge in [-0.15, -0.1) is 0 Å². The van der Waals surface area contributed by atoms with E-state index < -0.39 is 18.0 Å². The number of amides is 2. The molecule has 1 atom stereocenters. The smallest absolute Gasteiger partial charge is 0.326 e. The van der Waals surface area contributed by atoms with Crippen molar-refractivity contribution >= 4 is 17.7 Å². The van der Waals surface area contributed by atoms with Crippen LogP contribution in [-0.4, -0.2) is 41.7 Å². The van der Waals surface area contributed by atoms with E-state index in [4.69, 9.17) is 15.1 Å². The average molecular weight is 289 g/mol. The van der Waals surface area contributed by atoms with Gasteiger partial charge in [0.2, 0.25) is 0 Å². The first-order chi connectivity index (χ1) is 10.1. The van der Waals surface area contributed by atoms with Gasteiger partial charge in [0.1, 0.15) is 23.5 Å². The molecule has 110 valence electrons. The molecule has 7 nitrogen and oxygen atoms in total. The Bertz CT molecular complexity index is 609. The van der Waals surface area contributed by atoms with E-state index in [2.05, 4.69) is 5.32 Å². The topological polar surface area (TPSA) is 103 Å². The predicted octanol–water partition coefficient (Wildman–Crippen LogP) is 1.65. The molecule has 1 heterocycles. The van der Waals surface area contributed by atoms with Crippen LogP contribution >= 0.6 is 0 Å². The van der Waals surface area contributed by atoms with E-state index in [0.717, 1.165) is 0 Å². The molecule has 0 unspecified atom stereocenters. The molecule has 2 rings (SSSR count). The van der Waals surface area contributed by atoms with Gasteiger partial charge in [0.05, 0.1) is 12.7 Å². The molecule has 1 aliphatic heterocycles. The number of nitriles is 1. The van der Waals surface area contributed by atoms with E-state index in [1.807, 2.05) is 6.07 Å². The van der Waals surface area contributed by atoms with Crippen molar-refractivity contribution in [2.45, 2.75) is 18.9 Å². The summed E-state index contributed by atoms with van der Waals surface area (Å²) in [7, 11) is 1.43. The zero-order valence-corrected chi connectivity index (χ0v) is 11.5. The summed E-state index contributed by atoms with van der Waals surface area (Å²) in [5, 5.41) is 20.8. The summed E-state index contributed by atoms with van der Waals surface area (Å²) in [5.74, 6) is -0.670. The number of urea groups is 1. The quantitative estimate of drug-likeness (QED) is 0.880. The van der Waals surface area contributed by atoms with Gasteiger partial charge < -0.3 is 20.1 Å². The second-order valence-corrected chi connectivity index (χ2v) is 4.61. The van der Waals surface area contributed by atoms with Crippen LogP contribution in [-0.2, 0) is 4.79 Å². The third-order valence-corrected chi connectivity index (χ3v) is 3.40. The highest BCUT2D eigenvalue weighted by atomic mass is 16.5. The van der Waals surface area contributed by atoms with Crippen molar-refractivity contribution in [1.29, 1.82) is 5.26 Å². The monoisotopic (exact) mass is 289 g/mol. The van der Waals surface area contributed by atoms with Crippen molar-refractivity contribution in [2.24, 2.45) is 0 Å². The Morgan fingerprint density at radius 1 is 1.52 bits per heavy atom. The first-order valence-electron chi connectivity index (χ1n) is 6.46. The van der Waals surface area contributed by atoms with Crippen molar-refractivity contribution in [3.05, 3.63) is 23.8 Å². The van der Waals surface area contributed by atoms with Crippen LogP contribution in [0.2, 0.25) is 0 Å². The Morgan fingerprint density at radius 2 is 2.29 bits per heavy atom. The fourth-order valence-corrected chi connectivity index (χ4v) is 2.37. The van der Waals surface area contributed by atoms with Gasteiger partial charge in [0.25, 0.3) is 0 Å². The summed E-state index contributed by atoms with van der Waals surface area (Å²) in [6, 6.07) is 5.42. The number of nitrogens with one attached hydrogen (secondary N) is 1. The lowest BCUT2D eigenvalue weighted by atomic mass is 10.2. The van der Waals surface area contributed by atoms with Gasteiger partial charge in [-0.25, -0.2) is 9.59 Å². The van der Waals surface area contributed by atoms with Gasteiger partial charge >= 0.3 is 12.0 Å². The van der Waals surface area contributed by atoms with Crippen molar-refractivity contribution in [3.63, 3.8) is 0 Å². The van der Waals surface area contributed by atoms with Crippen LogP contribution in [0.1, 0.15) is 18.4 Å². The van der Waals surface area contributed by atoms with Gasteiger partial charge in [-0.3, -0.25) is 0 Å². The molecule has 0 aromatic heterocycles. The number of carboxylic acids is 1. The molecule has 0 radical (unpaired) electrons. The minimum Gasteiger partial charge on any atom is -0.495 e. The highest BCUT2D eigenvalue weighted by Gasteiger charge is 2.34. The van der Waals surface area contributed by atoms with Crippen LogP contribution in [0.3, 0.4) is 0 Å². The number of methoxy groups -OCH3 is 1.